The first kappa shape index (κ1) is 11.0. The first-order valence-electron chi connectivity index (χ1n) is 5.45. The Hall–Kier alpha value is -1.49. The number of β-amino-alcohol motifs (C(OH)–C–C–N with tert-alkyl or cyclic N) is 1. The van der Waals surface area contributed by atoms with E-state index < -0.39 is 0 Å². The zero-order valence-electron chi connectivity index (χ0n) is 9.72. The van der Waals surface area contributed by atoms with Crippen molar-refractivity contribution >= 4 is 17.3 Å². The lowest BCUT2D eigenvalue weighted by atomic mass is 10.3. The van der Waals surface area contributed by atoms with E-state index in [0.717, 1.165) is 24.6 Å². The molecule has 5 heteroatoms. The van der Waals surface area contributed by atoms with Crippen LogP contribution in [0.4, 0.5) is 17.3 Å². The van der Waals surface area contributed by atoms with Gasteiger partial charge in [-0.2, -0.15) is 0 Å². The quantitative estimate of drug-likeness (QED) is 0.753. The van der Waals surface area contributed by atoms with Gasteiger partial charge in [-0.25, -0.2) is 4.98 Å². The van der Waals surface area contributed by atoms with E-state index in [0.29, 0.717) is 12.2 Å². The molecule has 1 saturated heterocycles. The van der Waals surface area contributed by atoms with Gasteiger partial charge >= 0.3 is 0 Å². The zero-order chi connectivity index (χ0) is 11.7. The summed E-state index contributed by atoms with van der Waals surface area (Å²) in [5.74, 6) is 1.66. The lowest BCUT2D eigenvalue weighted by Crippen LogP contribution is -2.23. The minimum atomic E-state index is -0.234. The molecular weight excluding hydrogens is 204 g/mol. The summed E-state index contributed by atoms with van der Waals surface area (Å²) < 4.78 is 0. The summed E-state index contributed by atoms with van der Waals surface area (Å²) in [6.45, 7) is 1.51. The molecule has 1 aromatic rings. The number of nitrogens with zero attached hydrogens (tertiary/aromatic N) is 3. The Morgan fingerprint density at radius 1 is 1.50 bits per heavy atom. The van der Waals surface area contributed by atoms with Crippen molar-refractivity contribution in [1.82, 2.24) is 4.98 Å². The highest BCUT2D eigenvalue weighted by Crippen LogP contribution is 2.25. The van der Waals surface area contributed by atoms with E-state index in [1.807, 2.05) is 31.1 Å². The second-order valence-corrected chi connectivity index (χ2v) is 4.37. The van der Waals surface area contributed by atoms with Gasteiger partial charge in [0.1, 0.15) is 5.82 Å². The molecule has 1 fully saturated rings. The first-order valence-corrected chi connectivity index (χ1v) is 5.45. The fourth-order valence-electron chi connectivity index (χ4n) is 1.93. The predicted molar refractivity (Wildman–Crippen MR) is 65.8 cm³/mol. The monoisotopic (exact) mass is 222 g/mol. The van der Waals surface area contributed by atoms with Crippen molar-refractivity contribution in [1.29, 1.82) is 0 Å². The van der Waals surface area contributed by atoms with E-state index in [2.05, 4.69) is 9.88 Å². The van der Waals surface area contributed by atoms with Gasteiger partial charge in [-0.3, -0.25) is 0 Å². The van der Waals surface area contributed by atoms with Gasteiger partial charge in [0.2, 0.25) is 0 Å². The Bertz CT molecular complexity index is 380. The van der Waals surface area contributed by atoms with Gasteiger partial charge in [0.15, 0.2) is 5.82 Å². The van der Waals surface area contributed by atoms with Crippen molar-refractivity contribution in [2.75, 3.05) is 42.7 Å². The summed E-state index contributed by atoms with van der Waals surface area (Å²) >= 11 is 0. The molecule has 16 heavy (non-hydrogen) atoms. The van der Waals surface area contributed by atoms with Crippen LogP contribution in [0.1, 0.15) is 6.42 Å². The van der Waals surface area contributed by atoms with Crippen molar-refractivity contribution < 1.29 is 5.11 Å². The lowest BCUT2D eigenvalue weighted by Gasteiger charge is -2.20. The number of anilines is 3. The molecule has 0 aliphatic carbocycles. The van der Waals surface area contributed by atoms with E-state index in [-0.39, 0.29) is 6.10 Å². The third-order valence-corrected chi connectivity index (χ3v) is 2.80. The molecule has 1 aliphatic heterocycles. The number of aliphatic hydroxyl groups is 1. The Morgan fingerprint density at radius 3 is 2.81 bits per heavy atom. The van der Waals surface area contributed by atoms with Gasteiger partial charge in [-0.15, -0.1) is 0 Å². The Morgan fingerprint density at radius 2 is 2.25 bits per heavy atom. The molecule has 0 radical (unpaired) electrons. The van der Waals surface area contributed by atoms with E-state index in [1.54, 1.807) is 0 Å². The van der Waals surface area contributed by atoms with Crippen LogP contribution in [0.5, 0.6) is 0 Å². The second-order valence-electron chi connectivity index (χ2n) is 4.37. The average molecular weight is 222 g/mol. The summed E-state index contributed by atoms with van der Waals surface area (Å²) in [6.07, 6.45) is 0.575. The molecule has 2 rings (SSSR count). The minimum Gasteiger partial charge on any atom is -0.396 e. The van der Waals surface area contributed by atoms with Gasteiger partial charge in [0.05, 0.1) is 11.8 Å². The van der Waals surface area contributed by atoms with Gasteiger partial charge < -0.3 is 20.6 Å². The maximum Gasteiger partial charge on any atom is 0.153 e. The van der Waals surface area contributed by atoms with Crippen molar-refractivity contribution in [3.05, 3.63) is 12.1 Å². The fraction of sp³-hybridized carbons (Fsp3) is 0.545. The van der Waals surface area contributed by atoms with Crippen molar-refractivity contribution in [2.24, 2.45) is 0 Å². The van der Waals surface area contributed by atoms with Gasteiger partial charge in [0.25, 0.3) is 0 Å². The normalized spacial score (nSPS) is 20.2. The van der Waals surface area contributed by atoms with Crippen molar-refractivity contribution in [2.45, 2.75) is 12.5 Å². The van der Waals surface area contributed by atoms with Crippen LogP contribution in [0.25, 0.3) is 0 Å². The Labute approximate surface area is 95.5 Å². The van der Waals surface area contributed by atoms with Gasteiger partial charge in [-0.05, 0) is 18.6 Å². The molecule has 0 spiro atoms. The number of aliphatic hydroxyl groups excluding tert-OH is 1. The smallest absolute Gasteiger partial charge is 0.153 e. The Balaban J connectivity index is 2.25. The van der Waals surface area contributed by atoms with Crippen LogP contribution in [0, 0.1) is 0 Å². The predicted octanol–water partition coefficient (Wildman–Crippen LogP) is 0.301. The van der Waals surface area contributed by atoms with E-state index in [1.165, 1.54) is 0 Å². The zero-order valence-corrected chi connectivity index (χ0v) is 9.72. The third-order valence-electron chi connectivity index (χ3n) is 2.80. The molecule has 1 unspecified atom stereocenters. The molecule has 5 nitrogen and oxygen atoms in total. The third kappa shape index (κ3) is 2.04. The first-order chi connectivity index (χ1) is 7.58. The van der Waals surface area contributed by atoms with Crippen LogP contribution in [-0.4, -0.2) is 43.4 Å². The maximum absolute atomic E-state index is 9.49. The van der Waals surface area contributed by atoms with Crippen LogP contribution >= 0.6 is 0 Å². The molecule has 0 aromatic carbocycles. The summed E-state index contributed by atoms with van der Waals surface area (Å²) in [5.41, 5.74) is 6.52. The van der Waals surface area contributed by atoms with Crippen LogP contribution in [0.2, 0.25) is 0 Å². The van der Waals surface area contributed by atoms with E-state index in [4.69, 9.17) is 5.73 Å². The lowest BCUT2D eigenvalue weighted by molar-refractivity contribution is 0.198. The topological polar surface area (TPSA) is 65.6 Å². The number of pyridine rings is 1. The number of aromatic nitrogens is 1. The maximum atomic E-state index is 9.49. The molecule has 3 N–H and O–H groups in total. The second kappa shape index (κ2) is 4.17. The van der Waals surface area contributed by atoms with Crippen molar-refractivity contribution in [3.63, 3.8) is 0 Å². The SMILES string of the molecule is CN(C)c1nc(N2CCC(O)C2)ccc1N. The number of hydrogen-bond donors (Lipinski definition) is 2. The average Bonchev–Trinajstić information content (AvgIpc) is 2.65. The van der Waals surface area contributed by atoms with E-state index in [9.17, 15) is 5.11 Å². The highest BCUT2D eigenvalue weighted by atomic mass is 16.3. The molecule has 2 heterocycles. The van der Waals surface area contributed by atoms with Crippen molar-refractivity contribution in [3.8, 4) is 0 Å². The molecule has 88 valence electrons. The number of hydrogen-bond acceptors (Lipinski definition) is 5. The Kier molecular flexibility index (Phi) is 2.87. The standard InChI is InChI=1S/C11H18N4O/c1-14(2)11-9(12)3-4-10(13-11)15-6-5-8(16)7-15/h3-4,8,16H,5-7,12H2,1-2H3. The highest BCUT2D eigenvalue weighted by molar-refractivity contribution is 5.65. The van der Waals surface area contributed by atoms with E-state index >= 15 is 0 Å². The summed E-state index contributed by atoms with van der Waals surface area (Å²) in [6, 6.07) is 3.77. The molecule has 1 atom stereocenters. The number of nitrogen functional groups attached to an aromatic ring is 1. The largest absolute Gasteiger partial charge is 0.396 e. The molecule has 1 aromatic heterocycles. The molecular formula is C11H18N4O. The molecule has 1 aliphatic rings. The summed E-state index contributed by atoms with van der Waals surface area (Å²) in [7, 11) is 3.84. The molecule has 0 amide bonds. The highest BCUT2D eigenvalue weighted by Gasteiger charge is 2.21. The summed E-state index contributed by atoms with van der Waals surface area (Å²) in [4.78, 5) is 8.48. The number of rotatable bonds is 2. The molecule has 0 saturated carbocycles. The van der Waals surface area contributed by atoms with Crippen LogP contribution in [0.15, 0.2) is 12.1 Å². The van der Waals surface area contributed by atoms with Gasteiger partial charge in [0, 0.05) is 27.2 Å². The minimum absolute atomic E-state index is 0.234. The van der Waals surface area contributed by atoms with Crippen LogP contribution in [0.3, 0.4) is 0 Å². The van der Waals surface area contributed by atoms with Crippen LogP contribution in [-0.2, 0) is 0 Å². The number of nitrogens with two attached hydrogens (primary N) is 1. The van der Waals surface area contributed by atoms with Gasteiger partial charge in [-0.1, -0.05) is 0 Å². The fourth-order valence-corrected chi connectivity index (χ4v) is 1.93. The summed E-state index contributed by atoms with van der Waals surface area (Å²) in [5, 5.41) is 9.49. The van der Waals surface area contributed by atoms with Crippen LogP contribution < -0.4 is 15.5 Å². The molecule has 0 bridgehead atoms.